The lowest BCUT2D eigenvalue weighted by Gasteiger charge is -2.06. The van der Waals surface area contributed by atoms with Crippen molar-refractivity contribution in [1.82, 2.24) is 19.8 Å². The predicted octanol–water partition coefficient (Wildman–Crippen LogP) is 1.79. The summed E-state index contributed by atoms with van der Waals surface area (Å²) in [6, 6.07) is 9.07. The Morgan fingerprint density at radius 3 is 2.85 bits per heavy atom. The van der Waals surface area contributed by atoms with E-state index >= 15 is 0 Å². The third kappa shape index (κ3) is 4.54. The maximum atomic E-state index is 12.2. The second-order valence-corrected chi connectivity index (χ2v) is 7.13. The Labute approximate surface area is 155 Å². The minimum atomic E-state index is -3.67. The molecule has 9 nitrogen and oxygen atoms in total. The van der Waals surface area contributed by atoms with Crippen LogP contribution in [0.25, 0.3) is 11.4 Å². The van der Waals surface area contributed by atoms with E-state index < -0.39 is 16.0 Å². The van der Waals surface area contributed by atoms with Gasteiger partial charge >= 0.3 is 5.97 Å². The Bertz CT molecular complexity index is 1030. The summed E-state index contributed by atoms with van der Waals surface area (Å²) in [4.78, 5) is 20.3. The first kappa shape index (κ1) is 18.7. The molecule has 0 spiro atoms. The van der Waals surface area contributed by atoms with E-state index in [0.717, 1.165) is 0 Å². The molecule has 0 unspecified atom stereocenters. The van der Waals surface area contributed by atoms with Crippen LogP contribution >= 0.6 is 0 Å². The highest BCUT2D eigenvalue weighted by molar-refractivity contribution is 7.89. The first-order valence-corrected chi connectivity index (χ1v) is 9.48. The highest BCUT2D eigenvalue weighted by Crippen LogP contribution is 2.15. The number of pyridine rings is 1. The van der Waals surface area contributed by atoms with E-state index in [2.05, 4.69) is 19.8 Å². The standard InChI is InChI=1S/C17H16N4O5S/c1-2-19-27(23,24)14-7-3-5-12(9-14)17(22)25-11-15-20-16(21-26-15)13-6-4-8-18-10-13/h3-10,19H,2,11H2,1H3. The van der Waals surface area contributed by atoms with E-state index in [4.69, 9.17) is 9.26 Å². The quantitative estimate of drug-likeness (QED) is 0.608. The molecule has 0 atom stereocenters. The van der Waals surface area contributed by atoms with Crippen LogP contribution in [-0.4, -0.2) is 36.1 Å². The monoisotopic (exact) mass is 388 g/mol. The first-order valence-electron chi connectivity index (χ1n) is 7.99. The number of hydrogen-bond donors (Lipinski definition) is 1. The SMILES string of the molecule is CCNS(=O)(=O)c1cccc(C(=O)OCc2nc(-c3cccnc3)no2)c1. The van der Waals surface area contributed by atoms with Gasteiger partial charge in [0.25, 0.3) is 5.89 Å². The van der Waals surface area contributed by atoms with Gasteiger partial charge in [0, 0.05) is 24.5 Å². The van der Waals surface area contributed by atoms with Crippen LogP contribution in [0.2, 0.25) is 0 Å². The highest BCUT2D eigenvalue weighted by Gasteiger charge is 2.17. The molecule has 2 heterocycles. The Hall–Kier alpha value is -3.11. The Balaban J connectivity index is 1.67. The minimum Gasteiger partial charge on any atom is -0.452 e. The van der Waals surface area contributed by atoms with Crippen LogP contribution in [0.4, 0.5) is 0 Å². The predicted molar refractivity (Wildman–Crippen MR) is 94.0 cm³/mol. The molecule has 0 aliphatic carbocycles. The maximum Gasteiger partial charge on any atom is 0.338 e. The van der Waals surface area contributed by atoms with Crippen LogP contribution in [0, 0.1) is 0 Å². The molecule has 0 radical (unpaired) electrons. The second kappa shape index (κ2) is 8.06. The van der Waals surface area contributed by atoms with Crippen LogP contribution in [0.1, 0.15) is 23.2 Å². The molecule has 10 heteroatoms. The lowest BCUT2D eigenvalue weighted by atomic mass is 10.2. The largest absolute Gasteiger partial charge is 0.452 e. The van der Waals surface area contributed by atoms with Gasteiger partial charge in [0.05, 0.1) is 10.5 Å². The van der Waals surface area contributed by atoms with Gasteiger partial charge in [0.1, 0.15) is 0 Å². The van der Waals surface area contributed by atoms with Gasteiger partial charge in [-0.05, 0) is 30.3 Å². The molecule has 140 valence electrons. The highest BCUT2D eigenvalue weighted by atomic mass is 32.2. The van der Waals surface area contributed by atoms with E-state index in [-0.39, 0.29) is 29.5 Å². The van der Waals surface area contributed by atoms with Crippen LogP contribution in [0.15, 0.2) is 58.2 Å². The number of hydrogen-bond acceptors (Lipinski definition) is 8. The smallest absolute Gasteiger partial charge is 0.338 e. The van der Waals surface area contributed by atoms with Gasteiger partial charge < -0.3 is 9.26 Å². The molecule has 27 heavy (non-hydrogen) atoms. The van der Waals surface area contributed by atoms with Gasteiger partial charge in [0.2, 0.25) is 15.8 Å². The Morgan fingerprint density at radius 1 is 1.26 bits per heavy atom. The summed E-state index contributed by atoms with van der Waals surface area (Å²) in [7, 11) is -3.67. The summed E-state index contributed by atoms with van der Waals surface area (Å²) in [5.41, 5.74) is 0.765. The number of nitrogens with one attached hydrogen (secondary N) is 1. The molecular formula is C17H16N4O5S. The van der Waals surface area contributed by atoms with E-state index in [1.807, 2.05) is 0 Å². The topological polar surface area (TPSA) is 124 Å². The van der Waals surface area contributed by atoms with Crippen LogP contribution < -0.4 is 4.72 Å². The van der Waals surface area contributed by atoms with Gasteiger partial charge in [0.15, 0.2) is 6.61 Å². The number of nitrogens with zero attached hydrogens (tertiary/aromatic N) is 3. The van der Waals surface area contributed by atoms with Gasteiger partial charge in [-0.2, -0.15) is 4.98 Å². The molecule has 1 N–H and O–H groups in total. The summed E-state index contributed by atoms with van der Waals surface area (Å²) >= 11 is 0. The Kier molecular flexibility index (Phi) is 5.57. The van der Waals surface area contributed by atoms with Crippen molar-refractivity contribution in [2.75, 3.05) is 6.54 Å². The van der Waals surface area contributed by atoms with Gasteiger partial charge in [-0.1, -0.05) is 18.1 Å². The number of esters is 1. The molecular weight excluding hydrogens is 372 g/mol. The zero-order valence-electron chi connectivity index (χ0n) is 14.3. The third-order valence-electron chi connectivity index (χ3n) is 3.43. The van der Waals surface area contributed by atoms with Crippen molar-refractivity contribution in [3.8, 4) is 11.4 Å². The molecule has 3 aromatic rings. The van der Waals surface area contributed by atoms with Crippen molar-refractivity contribution < 1.29 is 22.5 Å². The molecule has 0 saturated heterocycles. The van der Waals surface area contributed by atoms with Crippen LogP contribution in [0.5, 0.6) is 0 Å². The summed E-state index contributed by atoms with van der Waals surface area (Å²) < 4.78 is 36.6. The fourth-order valence-corrected chi connectivity index (χ4v) is 3.29. The van der Waals surface area contributed by atoms with E-state index in [0.29, 0.717) is 11.4 Å². The normalized spacial score (nSPS) is 11.3. The number of rotatable bonds is 7. The summed E-state index contributed by atoms with van der Waals surface area (Å²) in [5.74, 6) is -0.267. The summed E-state index contributed by atoms with van der Waals surface area (Å²) in [5, 5.41) is 3.80. The average molecular weight is 388 g/mol. The fourth-order valence-electron chi connectivity index (χ4n) is 2.20. The number of benzene rings is 1. The van der Waals surface area contributed by atoms with E-state index in [1.165, 1.54) is 24.3 Å². The van der Waals surface area contributed by atoms with Gasteiger partial charge in [-0.3, -0.25) is 4.98 Å². The summed E-state index contributed by atoms with van der Waals surface area (Å²) in [6.45, 7) is 1.67. The maximum absolute atomic E-state index is 12.2. The molecule has 1 aromatic carbocycles. The number of aromatic nitrogens is 3. The van der Waals surface area contributed by atoms with Crippen molar-refractivity contribution in [2.24, 2.45) is 0 Å². The first-order chi connectivity index (χ1) is 13.0. The summed E-state index contributed by atoms with van der Waals surface area (Å²) in [6.07, 6.45) is 3.20. The number of carbonyl (C=O) groups is 1. The number of sulfonamides is 1. The lowest BCUT2D eigenvalue weighted by Crippen LogP contribution is -2.23. The Morgan fingerprint density at radius 2 is 2.11 bits per heavy atom. The molecule has 0 bridgehead atoms. The fraction of sp³-hybridized carbons (Fsp3) is 0.176. The number of carbonyl (C=O) groups excluding carboxylic acids is 1. The zero-order valence-corrected chi connectivity index (χ0v) is 15.1. The van der Waals surface area contributed by atoms with Crippen molar-refractivity contribution in [3.05, 3.63) is 60.2 Å². The molecule has 3 rings (SSSR count). The minimum absolute atomic E-state index is 0.0181. The van der Waals surface area contributed by atoms with Gasteiger partial charge in [-0.25, -0.2) is 17.9 Å². The van der Waals surface area contributed by atoms with Crippen LogP contribution in [-0.2, 0) is 21.4 Å². The zero-order chi connectivity index (χ0) is 19.3. The van der Waals surface area contributed by atoms with Crippen molar-refractivity contribution in [1.29, 1.82) is 0 Å². The molecule has 0 fully saturated rings. The van der Waals surface area contributed by atoms with Crippen LogP contribution in [0.3, 0.4) is 0 Å². The second-order valence-electron chi connectivity index (χ2n) is 5.36. The van der Waals surface area contributed by atoms with E-state index in [1.54, 1.807) is 31.5 Å². The van der Waals surface area contributed by atoms with E-state index in [9.17, 15) is 13.2 Å². The molecule has 0 aliphatic heterocycles. The molecule has 0 saturated carbocycles. The van der Waals surface area contributed by atoms with Crippen molar-refractivity contribution >= 4 is 16.0 Å². The van der Waals surface area contributed by atoms with Gasteiger partial charge in [-0.15, -0.1) is 0 Å². The lowest BCUT2D eigenvalue weighted by molar-refractivity contribution is 0.0429. The van der Waals surface area contributed by atoms with Crippen molar-refractivity contribution in [2.45, 2.75) is 18.4 Å². The molecule has 2 aromatic heterocycles. The third-order valence-corrected chi connectivity index (χ3v) is 4.97. The average Bonchev–Trinajstić information content (AvgIpc) is 3.16. The number of ether oxygens (including phenoxy) is 1. The molecule has 0 amide bonds. The molecule has 0 aliphatic rings. The van der Waals surface area contributed by atoms with Crippen molar-refractivity contribution in [3.63, 3.8) is 0 Å².